The van der Waals surface area contributed by atoms with Gasteiger partial charge in [-0.15, -0.1) is 0 Å². The van der Waals surface area contributed by atoms with E-state index in [9.17, 15) is 47.9 Å². The smallest absolute Gasteiger partial charge is 0.332 e. The van der Waals surface area contributed by atoms with Gasteiger partial charge in [-0.05, 0) is 71.2 Å². The van der Waals surface area contributed by atoms with Crippen molar-refractivity contribution in [2.24, 2.45) is 17.8 Å². The summed E-state index contributed by atoms with van der Waals surface area (Å²) < 4.78 is 44.6. The molecular formula is C56H80N4O18. The van der Waals surface area contributed by atoms with Crippen LogP contribution in [0.1, 0.15) is 160 Å². The first-order chi connectivity index (χ1) is 37.2. The van der Waals surface area contributed by atoms with Crippen LogP contribution in [0.15, 0.2) is 36.4 Å². The summed E-state index contributed by atoms with van der Waals surface area (Å²) in [6.45, 7) is 15.4. The third kappa shape index (κ3) is 18.7. The normalized spacial score (nSPS) is 23.3. The number of nitrogens with one attached hydrogen (secondary N) is 4. The first-order valence-electron chi connectivity index (χ1n) is 26.8. The molecule has 4 rings (SSSR count). The van der Waals surface area contributed by atoms with Gasteiger partial charge in [0.15, 0.2) is 35.8 Å². The summed E-state index contributed by atoms with van der Waals surface area (Å²) in [5.74, 6) is -7.38. The van der Waals surface area contributed by atoms with Crippen LogP contribution in [-0.4, -0.2) is 123 Å². The van der Waals surface area contributed by atoms with Gasteiger partial charge >= 0.3 is 35.8 Å². The lowest BCUT2D eigenvalue weighted by Crippen LogP contribution is -2.50. The molecule has 0 unspecified atom stereocenters. The van der Waals surface area contributed by atoms with E-state index in [1.807, 2.05) is 6.92 Å². The standard InChI is InChI=1S/2C28H40N2O9/c1-7-8-9-10-12-20-23(39-26(33)16(2)3)18(5)38-28(35)22(17(4)37-27(20)34)30-25(32)19-13-11-14-21(29-15-31)24(19)36-6;1-6-8-9-10-13-20-24(39-22(32)12-7-2)18(4)38-28(35)23(17(3)37-27(20)34)30-26(33)19-14-11-15-21(29-16-31)25(19)36-5/h11,13-18,20,22-23H,7-10,12H2,1-6H3,(H,29,31)(H,30,32);11,14-18,20,23-24H,6-10,12-13H2,1-5H3,(H,29,31)(H,30,33)/t17-,18+,20-,22+,23+;17-,18+,20-,23+,24+/m11/s1. The Labute approximate surface area is 456 Å². The minimum atomic E-state index is -1.36. The quantitative estimate of drug-likeness (QED) is 0.0339. The lowest BCUT2D eigenvalue weighted by Gasteiger charge is -2.29. The molecule has 22 heteroatoms. The van der Waals surface area contributed by atoms with Crippen LogP contribution in [0, 0.1) is 17.8 Å². The van der Waals surface area contributed by atoms with Crippen molar-refractivity contribution < 1.29 is 85.8 Å². The van der Waals surface area contributed by atoms with Crippen LogP contribution in [0.4, 0.5) is 11.4 Å². The van der Waals surface area contributed by atoms with Crippen molar-refractivity contribution in [2.75, 3.05) is 24.9 Å². The molecule has 2 saturated heterocycles. The fourth-order valence-corrected chi connectivity index (χ4v) is 8.83. The van der Waals surface area contributed by atoms with Crippen molar-refractivity contribution in [1.29, 1.82) is 0 Å². The Hall–Kier alpha value is -7.26. The Bertz CT molecular complexity index is 2360. The Morgan fingerprint density at radius 1 is 0.551 bits per heavy atom. The number of methoxy groups -OCH3 is 2. The number of anilines is 2. The molecule has 4 N–H and O–H groups in total. The maximum Gasteiger partial charge on any atom is 0.332 e. The van der Waals surface area contributed by atoms with Crippen molar-refractivity contribution in [3.05, 3.63) is 47.5 Å². The third-order valence-electron chi connectivity index (χ3n) is 13.1. The van der Waals surface area contributed by atoms with Crippen LogP contribution >= 0.6 is 0 Å². The zero-order valence-corrected chi connectivity index (χ0v) is 46.8. The number of hydrogen-bond donors (Lipinski definition) is 4. The van der Waals surface area contributed by atoms with E-state index in [1.165, 1.54) is 52.3 Å². The van der Waals surface area contributed by atoms with Gasteiger partial charge in [-0.1, -0.05) is 98.1 Å². The van der Waals surface area contributed by atoms with Crippen LogP contribution in [0.2, 0.25) is 0 Å². The number of benzene rings is 2. The molecule has 0 aliphatic carbocycles. The van der Waals surface area contributed by atoms with E-state index in [0.29, 0.717) is 44.9 Å². The molecular weight excluding hydrogens is 1020 g/mol. The molecule has 0 bridgehead atoms. The Kier molecular flexibility index (Phi) is 27.6. The summed E-state index contributed by atoms with van der Waals surface area (Å²) in [6, 6.07) is 6.35. The molecule has 0 spiro atoms. The summed E-state index contributed by atoms with van der Waals surface area (Å²) in [7, 11) is 2.67. The van der Waals surface area contributed by atoms with Crippen molar-refractivity contribution >= 4 is 71.8 Å². The van der Waals surface area contributed by atoms with Crippen molar-refractivity contribution in [1.82, 2.24) is 10.6 Å². The first-order valence-corrected chi connectivity index (χ1v) is 26.8. The largest absolute Gasteiger partial charge is 0.494 e. The predicted octanol–water partition coefficient (Wildman–Crippen LogP) is 6.93. The highest BCUT2D eigenvalue weighted by Crippen LogP contribution is 2.32. The first kappa shape index (κ1) is 65.0. The summed E-state index contributed by atoms with van der Waals surface area (Å²) in [5.41, 5.74) is 0.601. The molecule has 22 nitrogen and oxygen atoms in total. The van der Waals surface area contributed by atoms with Crippen LogP contribution in [-0.2, 0) is 66.8 Å². The highest BCUT2D eigenvalue weighted by Gasteiger charge is 2.46. The minimum Gasteiger partial charge on any atom is -0.494 e. The molecule has 2 heterocycles. The molecule has 10 atom stereocenters. The van der Waals surface area contributed by atoms with Crippen molar-refractivity contribution in [3.8, 4) is 11.5 Å². The van der Waals surface area contributed by atoms with Gasteiger partial charge in [-0.2, -0.15) is 0 Å². The lowest BCUT2D eigenvalue weighted by molar-refractivity contribution is -0.177. The van der Waals surface area contributed by atoms with Gasteiger partial charge in [0.2, 0.25) is 12.8 Å². The fraction of sp³-hybridized carbons (Fsp3) is 0.607. The zero-order valence-electron chi connectivity index (χ0n) is 46.8. The van der Waals surface area contributed by atoms with E-state index < -0.39 is 114 Å². The van der Waals surface area contributed by atoms with Crippen molar-refractivity contribution in [3.63, 3.8) is 0 Å². The van der Waals surface area contributed by atoms with Gasteiger partial charge in [-0.3, -0.25) is 38.4 Å². The second-order valence-corrected chi connectivity index (χ2v) is 19.4. The number of hydrogen-bond acceptors (Lipinski definition) is 18. The minimum absolute atomic E-state index is 0.0427. The number of para-hydroxylation sites is 2. The maximum atomic E-state index is 13.4. The van der Waals surface area contributed by atoms with E-state index in [1.54, 1.807) is 39.8 Å². The van der Waals surface area contributed by atoms with Gasteiger partial charge in [0.05, 0.1) is 54.5 Å². The Morgan fingerprint density at radius 2 is 0.949 bits per heavy atom. The van der Waals surface area contributed by atoms with Crippen LogP contribution < -0.4 is 30.7 Å². The third-order valence-corrected chi connectivity index (χ3v) is 13.1. The van der Waals surface area contributed by atoms with E-state index in [-0.39, 0.29) is 40.4 Å². The molecule has 2 fully saturated rings. The number of carbonyl (C=O) groups excluding carboxylic acids is 10. The van der Waals surface area contributed by atoms with Crippen molar-refractivity contribution in [2.45, 2.75) is 188 Å². The van der Waals surface area contributed by atoms with Gasteiger partial charge in [0.1, 0.15) is 24.4 Å². The maximum absolute atomic E-state index is 13.4. The molecule has 4 amide bonds. The fourth-order valence-electron chi connectivity index (χ4n) is 8.83. The number of carbonyl (C=O) groups is 10. The monoisotopic (exact) mass is 1100 g/mol. The molecule has 2 aromatic rings. The Morgan fingerprint density at radius 3 is 1.31 bits per heavy atom. The summed E-state index contributed by atoms with van der Waals surface area (Å²) in [5, 5.41) is 10.0. The van der Waals surface area contributed by atoms with E-state index in [2.05, 4.69) is 35.1 Å². The molecule has 0 aromatic heterocycles. The molecule has 78 heavy (non-hydrogen) atoms. The predicted molar refractivity (Wildman–Crippen MR) is 284 cm³/mol. The number of cyclic esters (lactones) is 4. The SMILES string of the molecule is CCCCCC[C@H]1C(=O)O[C@H](C)[C@H](NC(=O)c2cccc(NC=O)c2OC)C(=O)O[C@@H](C)[C@@H]1OC(=O)C(C)C.CCCCCC[C@H]1C(=O)O[C@H](C)[C@H](NC(=O)c2cccc(NC=O)c2OC)C(=O)O[C@@H](C)[C@@H]1OC(=O)CCC. The average Bonchev–Trinajstić information content (AvgIpc) is 3.44. The number of esters is 6. The second kappa shape index (κ2) is 33.1. The van der Waals surface area contributed by atoms with Crippen LogP contribution in [0.25, 0.3) is 0 Å². The van der Waals surface area contributed by atoms with Gasteiger partial charge in [-0.25, -0.2) is 9.59 Å². The topological polar surface area (TPSA) is 293 Å². The molecule has 0 radical (unpaired) electrons. The number of amides is 4. The summed E-state index contributed by atoms with van der Waals surface area (Å²) >= 11 is 0. The van der Waals surface area contributed by atoms with Gasteiger partial charge in [0, 0.05) is 6.42 Å². The number of unbranched alkanes of at least 4 members (excludes halogenated alkanes) is 6. The lowest BCUT2D eigenvalue weighted by atomic mass is 9.92. The molecule has 432 valence electrons. The van der Waals surface area contributed by atoms with Crippen LogP contribution in [0.5, 0.6) is 11.5 Å². The Balaban J connectivity index is 0.000000410. The molecule has 0 saturated carbocycles. The van der Waals surface area contributed by atoms with Gasteiger partial charge < -0.3 is 59.2 Å². The highest BCUT2D eigenvalue weighted by molar-refractivity contribution is 6.02. The van der Waals surface area contributed by atoms with E-state index in [0.717, 1.165) is 38.5 Å². The zero-order chi connectivity index (χ0) is 58.1. The van der Waals surface area contributed by atoms with E-state index in [4.69, 9.17) is 37.9 Å². The summed E-state index contributed by atoms with van der Waals surface area (Å²) in [6.07, 6.45) is 3.32. The summed E-state index contributed by atoms with van der Waals surface area (Å²) in [4.78, 5) is 126. The molecule has 2 aromatic carbocycles. The molecule has 2 aliphatic rings. The number of ether oxygens (including phenoxy) is 8. The van der Waals surface area contributed by atoms with Gasteiger partial charge in [0.25, 0.3) is 11.8 Å². The van der Waals surface area contributed by atoms with Crippen LogP contribution in [0.3, 0.4) is 0 Å². The molecule has 2 aliphatic heterocycles. The number of rotatable bonds is 25. The van der Waals surface area contributed by atoms with E-state index >= 15 is 0 Å². The highest BCUT2D eigenvalue weighted by atomic mass is 16.6. The average molecular weight is 1100 g/mol. The second-order valence-electron chi connectivity index (χ2n) is 19.4.